The number of para-hydroxylation sites is 1. The van der Waals surface area contributed by atoms with Crippen LogP contribution in [0, 0.1) is 0 Å². The molecule has 5 rings (SSSR count). The zero-order valence-corrected chi connectivity index (χ0v) is 18.7. The summed E-state index contributed by atoms with van der Waals surface area (Å²) in [6.07, 6.45) is 0. The van der Waals surface area contributed by atoms with Crippen molar-refractivity contribution in [1.29, 1.82) is 0 Å². The number of amides is 1. The van der Waals surface area contributed by atoms with Gasteiger partial charge in [-0.15, -0.1) is 5.10 Å². The van der Waals surface area contributed by atoms with Crippen molar-refractivity contribution in [2.45, 2.75) is 0 Å². The first-order valence-electron chi connectivity index (χ1n) is 10.6. The Labute approximate surface area is 201 Å². The average molecular weight is 467 g/mol. The van der Waals surface area contributed by atoms with Crippen LogP contribution in [-0.2, 0) is 0 Å². The van der Waals surface area contributed by atoms with E-state index in [1.54, 1.807) is 41.1 Å². The highest BCUT2D eigenvalue weighted by molar-refractivity contribution is 6.30. The summed E-state index contributed by atoms with van der Waals surface area (Å²) in [5, 5.41) is 7.94. The Kier molecular flexibility index (Phi) is 6.05. The molecule has 0 bridgehead atoms. The molecular formula is C27H19ClN4O2. The topological polar surface area (TPSA) is 69.0 Å². The van der Waals surface area contributed by atoms with Crippen LogP contribution in [0.3, 0.4) is 0 Å². The molecule has 0 saturated heterocycles. The quantitative estimate of drug-likeness (QED) is 0.305. The molecule has 6 nitrogen and oxygen atoms in total. The fourth-order valence-corrected chi connectivity index (χ4v) is 3.49. The fourth-order valence-electron chi connectivity index (χ4n) is 3.36. The summed E-state index contributed by atoms with van der Waals surface area (Å²) in [6, 6.07) is 33.4. The summed E-state index contributed by atoms with van der Waals surface area (Å²) in [5.41, 5.74) is 2.19. The molecule has 1 heterocycles. The van der Waals surface area contributed by atoms with E-state index in [4.69, 9.17) is 16.3 Å². The number of nitrogens with zero attached hydrogens (tertiary/aromatic N) is 3. The molecule has 166 valence electrons. The molecule has 0 spiro atoms. The molecule has 0 aliphatic rings. The summed E-state index contributed by atoms with van der Waals surface area (Å²) >= 11 is 6.04. The average Bonchev–Trinajstić information content (AvgIpc) is 3.33. The van der Waals surface area contributed by atoms with Gasteiger partial charge >= 0.3 is 0 Å². The lowest BCUT2D eigenvalue weighted by Gasteiger charge is -2.07. The van der Waals surface area contributed by atoms with Crippen LogP contribution < -0.4 is 10.1 Å². The van der Waals surface area contributed by atoms with Crippen molar-refractivity contribution in [3.63, 3.8) is 0 Å². The zero-order chi connectivity index (χ0) is 23.3. The first-order valence-corrected chi connectivity index (χ1v) is 11.0. The molecular weight excluding hydrogens is 448 g/mol. The van der Waals surface area contributed by atoms with Crippen LogP contribution in [0.15, 0.2) is 109 Å². The van der Waals surface area contributed by atoms with E-state index in [2.05, 4.69) is 15.4 Å². The third kappa shape index (κ3) is 4.82. The van der Waals surface area contributed by atoms with Gasteiger partial charge in [0.25, 0.3) is 5.91 Å². The van der Waals surface area contributed by atoms with Crippen LogP contribution >= 0.6 is 11.6 Å². The molecule has 5 aromatic rings. The van der Waals surface area contributed by atoms with Crippen molar-refractivity contribution < 1.29 is 9.53 Å². The lowest BCUT2D eigenvalue weighted by atomic mass is 10.2. The molecule has 0 saturated carbocycles. The van der Waals surface area contributed by atoms with Gasteiger partial charge in [0.2, 0.25) is 5.82 Å². The SMILES string of the molecule is O=C(Nc1ccc(Oc2ccccc2)cc1)c1nc(-c2ccccc2)n(-c2ccc(Cl)cc2)n1. The molecule has 0 atom stereocenters. The van der Waals surface area contributed by atoms with Gasteiger partial charge in [0.15, 0.2) is 5.82 Å². The van der Waals surface area contributed by atoms with Crippen LogP contribution in [0.5, 0.6) is 11.5 Å². The Morgan fingerprint density at radius 1 is 0.765 bits per heavy atom. The summed E-state index contributed by atoms with van der Waals surface area (Å²) in [5.74, 6) is 1.60. The minimum atomic E-state index is -0.415. The minimum absolute atomic E-state index is 0.0541. The van der Waals surface area contributed by atoms with Gasteiger partial charge in [-0.1, -0.05) is 60.1 Å². The van der Waals surface area contributed by atoms with Crippen molar-refractivity contribution in [2.75, 3.05) is 5.32 Å². The molecule has 1 amide bonds. The number of nitrogens with one attached hydrogen (secondary N) is 1. The molecule has 0 fully saturated rings. The van der Waals surface area contributed by atoms with Crippen molar-refractivity contribution in [1.82, 2.24) is 14.8 Å². The van der Waals surface area contributed by atoms with E-state index in [0.717, 1.165) is 17.0 Å². The predicted molar refractivity (Wildman–Crippen MR) is 133 cm³/mol. The van der Waals surface area contributed by atoms with Crippen LogP contribution in [0.4, 0.5) is 5.69 Å². The van der Waals surface area contributed by atoms with Crippen LogP contribution in [0.25, 0.3) is 17.1 Å². The lowest BCUT2D eigenvalue weighted by Crippen LogP contribution is -2.14. The standard InChI is InChI=1S/C27H19ClN4O2/c28-20-11-15-22(16-12-20)32-26(19-7-3-1-4-8-19)30-25(31-32)27(33)29-21-13-17-24(18-14-21)34-23-9-5-2-6-10-23/h1-18H,(H,29,33). The van der Waals surface area contributed by atoms with E-state index in [9.17, 15) is 4.79 Å². The highest BCUT2D eigenvalue weighted by atomic mass is 35.5. The Balaban J connectivity index is 1.39. The minimum Gasteiger partial charge on any atom is -0.457 e. The van der Waals surface area contributed by atoms with E-state index in [1.165, 1.54) is 0 Å². The number of hydrogen-bond acceptors (Lipinski definition) is 4. The van der Waals surface area contributed by atoms with Gasteiger partial charge in [0.05, 0.1) is 5.69 Å². The maximum atomic E-state index is 13.0. The lowest BCUT2D eigenvalue weighted by molar-refractivity contribution is 0.101. The van der Waals surface area contributed by atoms with E-state index in [0.29, 0.717) is 22.3 Å². The molecule has 7 heteroatoms. The van der Waals surface area contributed by atoms with Crippen molar-refractivity contribution in [3.8, 4) is 28.6 Å². The van der Waals surface area contributed by atoms with E-state index in [1.807, 2.05) is 72.8 Å². The Hall–Kier alpha value is -4.42. The molecule has 0 aliphatic carbocycles. The van der Waals surface area contributed by atoms with Crippen molar-refractivity contribution in [3.05, 3.63) is 120 Å². The number of carbonyl (C=O) groups is 1. The number of ether oxygens (including phenoxy) is 1. The molecule has 34 heavy (non-hydrogen) atoms. The van der Waals surface area contributed by atoms with Crippen LogP contribution in [0.2, 0.25) is 5.02 Å². The van der Waals surface area contributed by atoms with Gasteiger partial charge in [0.1, 0.15) is 11.5 Å². The van der Waals surface area contributed by atoms with E-state index >= 15 is 0 Å². The number of carbonyl (C=O) groups excluding carboxylic acids is 1. The smallest absolute Gasteiger partial charge is 0.295 e. The predicted octanol–water partition coefficient (Wildman–Crippen LogP) is 6.63. The second-order valence-electron chi connectivity index (χ2n) is 7.41. The molecule has 0 radical (unpaired) electrons. The van der Waals surface area contributed by atoms with Crippen LogP contribution in [-0.4, -0.2) is 20.7 Å². The highest BCUT2D eigenvalue weighted by Gasteiger charge is 2.19. The van der Waals surface area contributed by atoms with Crippen LogP contribution in [0.1, 0.15) is 10.6 Å². The first-order chi connectivity index (χ1) is 16.7. The monoisotopic (exact) mass is 466 g/mol. The van der Waals surface area contributed by atoms with Gasteiger partial charge in [0, 0.05) is 16.3 Å². The maximum absolute atomic E-state index is 13.0. The van der Waals surface area contributed by atoms with Crippen molar-refractivity contribution >= 4 is 23.2 Å². The molecule has 1 N–H and O–H groups in total. The van der Waals surface area contributed by atoms with E-state index in [-0.39, 0.29) is 5.82 Å². The molecule has 1 aromatic heterocycles. The number of halogens is 1. The number of benzene rings is 4. The largest absolute Gasteiger partial charge is 0.457 e. The first kappa shape index (κ1) is 21.4. The second-order valence-corrected chi connectivity index (χ2v) is 7.84. The third-order valence-electron chi connectivity index (χ3n) is 5.00. The van der Waals surface area contributed by atoms with Gasteiger partial charge in [-0.25, -0.2) is 9.67 Å². The number of rotatable bonds is 6. The molecule has 0 unspecified atom stereocenters. The summed E-state index contributed by atoms with van der Waals surface area (Å²) in [4.78, 5) is 17.5. The Morgan fingerprint density at radius 2 is 1.38 bits per heavy atom. The molecule has 4 aromatic carbocycles. The number of anilines is 1. The molecule has 0 aliphatic heterocycles. The number of aromatic nitrogens is 3. The zero-order valence-electron chi connectivity index (χ0n) is 17.9. The Morgan fingerprint density at radius 3 is 2.06 bits per heavy atom. The third-order valence-corrected chi connectivity index (χ3v) is 5.26. The van der Waals surface area contributed by atoms with Crippen molar-refractivity contribution in [2.24, 2.45) is 0 Å². The fraction of sp³-hybridized carbons (Fsp3) is 0. The number of hydrogen-bond donors (Lipinski definition) is 1. The summed E-state index contributed by atoms with van der Waals surface area (Å²) in [7, 11) is 0. The van der Waals surface area contributed by atoms with Gasteiger partial charge in [-0.3, -0.25) is 4.79 Å². The van der Waals surface area contributed by atoms with E-state index < -0.39 is 5.91 Å². The highest BCUT2D eigenvalue weighted by Crippen LogP contribution is 2.24. The van der Waals surface area contributed by atoms with Gasteiger partial charge in [-0.05, 0) is 60.7 Å². The van der Waals surface area contributed by atoms with Gasteiger partial charge in [-0.2, -0.15) is 0 Å². The normalized spacial score (nSPS) is 10.6. The van der Waals surface area contributed by atoms with Gasteiger partial charge < -0.3 is 10.1 Å². The Bertz CT molecular complexity index is 1400. The maximum Gasteiger partial charge on any atom is 0.295 e. The summed E-state index contributed by atoms with van der Waals surface area (Å²) in [6.45, 7) is 0. The second kappa shape index (κ2) is 9.60. The summed E-state index contributed by atoms with van der Waals surface area (Å²) < 4.78 is 7.43.